The molecular formula is C15H22O3S. The summed E-state index contributed by atoms with van der Waals surface area (Å²) in [6, 6.07) is 3.95. The second-order valence-electron chi connectivity index (χ2n) is 4.93. The molecule has 106 valence electrons. The van der Waals surface area contributed by atoms with Gasteiger partial charge in [-0.15, -0.1) is 0 Å². The van der Waals surface area contributed by atoms with E-state index in [1.54, 1.807) is 0 Å². The first-order chi connectivity index (χ1) is 8.82. The predicted molar refractivity (Wildman–Crippen MR) is 79.4 cm³/mol. The van der Waals surface area contributed by atoms with Crippen LogP contribution in [-0.4, -0.2) is 27.2 Å². The van der Waals surface area contributed by atoms with Crippen molar-refractivity contribution in [2.75, 3.05) is 5.75 Å². The van der Waals surface area contributed by atoms with Crippen molar-refractivity contribution in [1.29, 1.82) is 0 Å². The van der Waals surface area contributed by atoms with Crippen LogP contribution < -0.4 is 0 Å². The zero-order chi connectivity index (χ0) is 14.6. The number of benzene rings is 1. The van der Waals surface area contributed by atoms with Crippen molar-refractivity contribution in [3.63, 3.8) is 0 Å². The standard InChI is InChI=1S/C15H22O3S/c1-9-7-11(3)13(8-10(9)2)15(18)14(17)5-6-19-12(4)16/h7-8,14-15,17-18H,5-6H2,1-4H3. The second-order valence-corrected chi connectivity index (χ2v) is 6.21. The molecule has 1 aromatic carbocycles. The van der Waals surface area contributed by atoms with Gasteiger partial charge in [0.2, 0.25) is 0 Å². The lowest BCUT2D eigenvalue weighted by Crippen LogP contribution is -2.20. The first-order valence-corrected chi connectivity index (χ1v) is 7.38. The number of thioether (sulfide) groups is 1. The van der Waals surface area contributed by atoms with E-state index in [-0.39, 0.29) is 5.12 Å². The average Bonchev–Trinajstić information content (AvgIpc) is 2.32. The molecule has 0 fully saturated rings. The zero-order valence-electron chi connectivity index (χ0n) is 11.9. The van der Waals surface area contributed by atoms with Gasteiger partial charge in [-0.1, -0.05) is 23.9 Å². The molecule has 0 spiro atoms. The highest BCUT2D eigenvalue weighted by molar-refractivity contribution is 8.13. The van der Waals surface area contributed by atoms with Crippen LogP contribution in [0.15, 0.2) is 12.1 Å². The number of hydrogen-bond donors (Lipinski definition) is 2. The van der Waals surface area contributed by atoms with Gasteiger partial charge in [-0.25, -0.2) is 0 Å². The van der Waals surface area contributed by atoms with Crippen molar-refractivity contribution in [3.8, 4) is 0 Å². The number of aryl methyl sites for hydroxylation is 3. The monoisotopic (exact) mass is 282 g/mol. The van der Waals surface area contributed by atoms with Crippen LogP contribution >= 0.6 is 11.8 Å². The normalized spacial score (nSPS) is 14.2. The average molecular weight is 282 g/mol. The summed E-state index contributed by atoms with van der Waals surface area (Å²) in [6.45, 7) is 7.45. The van der Waals surface area contributed by atoms with E-state index >= 15 is 0 Å². The van der Waals surface area contributed by atoms with Gasteiger partial charge in [0.05, 0.1) is 6.10 Å². The molecule has 0 amide bonds. The third-order valence-electron chi connectivity index (χ3n) is 3.28. The quantitative estimate of drug-likeness (QED) is 0.872. The molecule has 0 heterocycles. The fourth-order valence-corrected chi connectivity index (χ4v) is 2.64. The van der Waals surface area contributed by atoms with Crippen LogP contribution in [0.3, 0.4) is 0 Å². The molecule has 2 N–H and O–H groups in total. The lowest BCUT2D eigenvalue weighted by Gasteiger charge is -2.21. The van der Waals surface area contributed by atoms with Crippen LogP contribution in [0.4, 0.5) is 0 Å². The van der Waals surface area contributed by atoms with E-state index in [0.717, 1.165) is 16.7 Å². The fourth-order valence-electron chi connectivity index (χ4n) is 1.99. The number of carbonyl (C=O) groups is 1. The minimum atomic E-state index is -0.896. The van der Waals surface area contributed by atoms with E-state index in [2.05, 4.69) is 0 Å². The van der Waals surface area contributed by atoms with Crippen molar-refractivity contribution in [2.24, 2.45) is 0 Å². The van der Waals surface area contributed by atoms with Crippen LogP contribution in [0, 0.1) is 20.8 Å². The maximum atomic E-state index is 10.8. The van der Waals surface area contributed by atoms with Crippen molar-refractivity contribution >= 4 is 16.9 Å². The number of carbonyl (C=O) groups excluding carboxylic acids is 1. The van der Waals surface area contributed by atoms with Gasteiger partial charge < -0.3 is 10.2 Å². The first-order valence-electron chi connectivity index (χ1n) is 6.40. The van der Waals surface area contributed by atoms with E-state index in [9.17, 15) is 15.0 Å². The van der Waals surface area contributed by atoms with Crippen molar-refractivity contribution in [2.45, 2.75) is 46.3 Å². The van der Waals surface area contributed by atoms with Crippen LogP contribution in [0.2, 0.25) is 0 Å². The Labute approximate surface area is 119 Å². The van der Waals surface area contributed by atoms with Gasteiger partial charge in [0.15, 0.2) is 5.12 Å². The molecule has 19 heavy (non-hydrogen) atoms. The Morgan fingerprint density at radius 1 is 1.16 bits per heavy atom. The highest BCUT2D eigenvalue weighted by atomic mass is 32.2. The van der Waals surface area contributed by atoms with Gasteiger partial charge in [0, 0.05) is 12.7 Å². The Morgan fingerprint density at radius 2 is 1.74 bits per heavy atom. The Hall–Kier alpha value is -0.840. The molecule has 2 atom stereocenters. The summed E-state index contributed by atoms with van der Waals surface area (Å²) >= 11 is 1.17. The van der Waals surface area contributed by atoms with E-state index in [0.29, 0.717) is 12.2 Å². The van der Waals surface area contributed by atoms with Crippen molar-refractivity contribution in [1.82, 2.24) is 0 Å². The van der Waals surface area contributed by atoms with Gasteiger partial charge in [0.1, 0.15) is 6.10 Å². The predicted octanol–water partition coefficient (Wildman–Crippen LogP) is 2.68. The molecule has 0 aliphatic rings. The maximum absolute atomic E-state index is 10.8. The molecule has 0 aliphatic carbocycles. The molecule has 0 radical (unpaired) electrons. The molecule has 1 rings (SSSR count). The van der Waals surface area contributed by atoms with Crippen LogP contribution in [0.1, 0.15) is 41.7 Å². The lowest BCUT2D eigenvalue weighted by atomic mass is 9.94. The maximum Gasteiger partial charge on any atom is 0.185 e. The molecule has 0 saturated carbocycles. The second kappa shape index (κ2) is 7.08. The topological polar surface area (TPSA) is 57.5 Å². The first kappa shape index (κ1) is 16.2. The summed E-state index contributed by atoms with van der Waals surface area (Å²) in [5.74, 6) is 0.525. The third-order valence-corrected chi connectivity index (χ3v) is 4.13. The Bertz CT molecular complexity index is 457. The molecule has 2 unspecified atom stereocenters. The van der Waals surface area contributed by atoms with Crippen LogP contribution in [-0.2, 0) is 4.79 Å². The smallest absolute Gasteiger partial charge is 0.185 e. The number of rotatable bonds is 5. The number of aliphatic hydroxyl groups excluding tert-OH is 2. The third kappa shape index (κ3) is 4.64. The summed E-state index contributed by atoms with van der Waals surface area (Å²) in [5.41, 5.74) is 4.03. The molecule has 3 nitrogen and oxygen atoms in total. The molecule has 4 heteroatoms. The van der Waals surface area contributed by atoms with Gasteiger partial charge in [-0.05, 0) is 49.4 Å². The minimum absolute atomic E-state index is 0.0315. The van der Waals surface area contributed by atoms with E-state index in [1.807, 2.05) is 32.9 Å². The number of aliphatic hydroxyl groups is 2. The summed E-state index contributed by atoms with van der Waals surface area (Å²) in [7, 11) is 0. The number of hydrogen-bond acceptors (Lipinski definition) is 4. The van der Waals surface area contributed by atoms with Crippen molar-refractivity contribution in [3.05, 3.63) is 34.4 Å². The highest BCUT2D eigenvalue weighted by Gasteiger charge is 2.20. The minimum Gasteiger partial charge on any atom is -0.390 e. The zero-order valence-corrected chi connectivity index (χ0v) is 12.8. The SMILES string of the molecule is CC(=O)SCCC(O)C(O)c1cc(C)c(C)cc1C. The van der Waals surface area contributed by atoms with Crippen LogP contribution in [0.5, 0.6) is 0 Å². The van der Waals surface area contributed by atoms with Gasteiger partial charge >= 0.3 is 0 Å². The van der Waals surface area contributed by atoms with E-state index < -0.39 is 12.2 Å². The molecule has 0 aliphatic heterocycles. The Balaban J connectivity index is 2.73. The molecule has 0 saturated heterocycles. The fraction of sp³-hybridized carbons (Fsp3) is 0.533. The summed E-state index contributed by atoms with van der Waals surface area (Å²) in [4.78, 5) is 10.8. The van der Waals surface area contributed by atoms with Gasteiger partial charge in [-0.2, -0.15) is 0 Å². The van der Waals surface area contributed by atoms with E-state index in [4.69, 9.17) is 0 Å². The van der Waals surface area contributed by atoms with Crippen LogP contribution in [0.25, 0.3) is 0 Å². The molecule has 1 aromatic rings. The molecule has 0 aromatic heterocycles. The largest absolute Gasteiger partial charge is 0.390 e. The summed E-state index contributed by atoms with van der Waals surface area (Å²) in [5, 5.41) is 20.2. The summed E-state index contributed by atoms with van der Waals surface area (Å²) in [6.07, 6.45) is -1.34. The Kier molecular flexibility index (Phi) is 6.04. The van der Waals surface area contributed by atoms with Crippen molar-refractivity contribution < 1.29 is 15.0 Å². The molecule has 0 bridgehead atoms. The summed E-state index contributed by atoms with van der Waals surface area (Å²) < 4.78 is 0. The highest BCUT2D eigenvalue weighted by Crippen LogP contribution is 2.26. The lowest BCUT2D eigenvalue weighted by molar-refractivity contribution is -0.109. The van der Waals surface area contributed by atoms with Gasteiger partial charge in [0.25, 0.3) is 0 Å². The van der Waals surface area contributed by atoms with E-state index in [1.165, 1.54) is 24.2 Å². The Morgan fingerprint density at radius 3 is 2.32 bits per heavy atom. The molecular weight excluding hydrogens is 260 g/mol. The van der Waals surface area contributed by atoms with Gasteiger partial charge in [-0.3, -0.25) is 4.79 Å².